The number of aromatic nitrogens is 6. The molecule has 4 aromatic rings. The highest BCUT2D eigenvalue weighted by Crippen LogP contribution is 2.24. The van der Waals surface area contributed by atoms with E-state index in [2.05, 4.69) is 20.4 Å². The van der Waals surface area contributed by atoms with Crippen LogP contribution in [0.5, 0.6) is 0 Å². The molecular formula is C19H18N6O3. The van der Waals surface area contributed by atoms with Crippen molar-refractivity contribution in [3.63, 3.8) is 0 Å². The van der Waals surface area contributed by atoms with Crippen LogP contribution in [0.25, 0.3) is 22.5 Å². The normalized spacial score (nSPS) is 11.3. The van der Waals surface area contributed by atoms with Crippen LogP contribution in [-0.4, -0.2) is 48.5 Å². The van der Waals surface area contributed by atoms with Crippen LogP contribution in [0, 0.1) is 13.8 Å². The molecule has 3 heterocycles. The van der Waals surface area contributed by atoms with Crippen molar-refractivity contribution in [1.29, 1.82) is 0 Å². The largest absolute Gasteiger partial charge is 0.469 e. The fourth-order valence-corrected chi connectivity index (χ4v) is 3.20. The fraction of sp³-hybridized carbons (Fsp3) is 0.263. The van der Waals surface area contributed by atoms with Crippen molar-refractivity contribution >= 4 is 28.6 Å². The van der Waals surface area contributed by atoms with E-state index in [1.165, 1.54) is 14.0 Å². The highest BCUT2D eigenvalue weighted by Gasteiger charge is 2.24. The molecule has 0 aliphatic carbocycles. The van der Waals surface area contributed by atoms with Crippen LogP contribution < -0.4 is 0 Å². The number of hydrogen-bond acceptors (Lipinski definition) is 7. The Bertz CT molecular complexity index is 1240. The lowest BCUT2D eigenvalue weighted by Crippen LogP contribution is -2.06. The molecule has 9 nitrogen and oxygen atoms in total. The van der Waals surface area contributed by atoms with Gasteiger partial charge < -0.3 is 4.74 Å². The molecule has 0 bridgehead atoms. The highest BCUT2D eigenvalue weighted by molar-refractivity contribution is 6.01. The summed E-state index contributed by atoms with van der Waals surface area (Å²) in [7, 11) is 1.32. The van der Waals surface area contributed by atoms with E-state index < -0.39 is 5.97 Å². The summed E-state index contributed by atoms with van der Waals surface area (Å²) < 4.78 is 7.99. The maximum absolute atomic E-state index is 12.1. The van der Waals surface area contributed by atoms with Gasteiger partial charge in [0.15, 0.2) is 22.6 Å². The minimum Gasteiger partial charge on any atom is -0.469 e. The Morgan fingerprint density at radius 3 is 2.43 bits per heavy atom. The van der Waals surface area contributed by atoms with E-state index in [-0.39, 0.29) is 12.2 Å². The molecule has 0 aliphatic rings. The molecular weight excluding hydrogens is 360 g/mol. The first kappa shape index (κ1) is 17.8. The first-order valence-corrected chi connectivity index (χ1v) is 8.69. The van der Waals surface area contributed by atoms with Crippen LogP contribution in [0.4, 0.5) is 0 Å². The SMILES string of the molecule is COC(=O)Cc1nn(-c2ccc(C)cc2)c2c1nnc1c(C(C)=O)c(C)nn12. The van der Waals surface area contributed by atoms with Crippen molar-refractivity contribution in [2.75, 3.05) is 7.11 Å². The zero-order chi connectivity index (χ0) is 20.0. The molecule has 0 amide bonds. The number of nitrogens with zero attached hydrogens (tertiary/aromatic N) is 6. The van der Waals surface area contributed by atoms with Gasteiger partial charge in [-0.15, -0.1) is 10.2 Å². The van der Waals surface area contributed by atoms with Crippen molar-refractivity contribution in [1.82, 2.24) is 29.6 Å². The topological polar surface area (TPSA) is 104 Å². The molecule has 4 rings (SSSR count). The molecule has 0 atom stereocenters. The van der Waals surface area contributed by atoms with Crippen molar-refractivity contribution in [3.8, 4) is 5.69 Å². The molecule has 0 unspecified atom stereocenters. The van der Waals surface area contributed by atoms with Crippen molar-refractivity contribution in [3.05, 3.63) is 46.8 Å². The van der Waals surface area contributed by atoms with Crippen LogP contribution in [-0.2, 0) is 16.0 Å². The number of carbonyl (C=O) groups excluding carboxylic acids is 2. The van der Waals surface area contributed by atoms with E-state index in [0.29, 0.717) is 33.8 Å². The quantitative estimate of drug-likeness (QED) is 0.395. The number of aryl methyl sites for hydroxylation is 2. The van der Waals surface area contributed by atoms with Gasteiger partial charge >= 0.3 is 5.97 Å². The summed E-state index contributed by atoms with van der Waals surface area (Å²) in [6, 6.07) is 7.75. The van der Waals surface area contributed by atoms with Gasteiger partial charge in [0.2, 0.25) is 0 Å². The molecule has 0 fully saturated rings. The van der Waals surface area contributed by atoms with Gasteiger partial charge in [-0.1, -0.05) is 17.7 Å². The summed E-state index contributed by atoms with van der Waals surface area (Å²) in [5, 5.41) is 17.5. The highest BCUT2D eigenvalue weighted by atomic mass is 16.5. The molecule has 28 heavy (non-hydrogen) atoms. The second-order valence-corrected chi connectivity index (χ2v) is 6.57. The predicted molar refractivity (Wildman–Crippen MR) is 101 cm³/mol. The number of esters is 1. The molecule has 0 N–H and O–H groups in total. The van der Waals surface area contributed by atoms with Crippen molar-refractivity contribution in [2.24, 2.45) is 0 Å². The summed E-state index contributed by atoms with van der Waals surface area (Å²) in [6.45, 7) is 5.21. The molecule has 142 valence electrons. The lowest BCUT2D eigenvalue weighted by atomic mass is 10.2. The van der Waals surface area contributed by atoms with E-state index in [1.54, 1.807) is 16.1 Å². The lowest BCUT2D eigenvalue weighted by Gasteiger charge is -2.04. The van der Waals surface area contributed by atoms with Gasteiger partial charge in [-0.2, -0.15) is 14.7 Å². The minimum absolute atomic E-state index is 0.0497. The van der Waals surface area contributed by atoms with Crippen LogP contribution in [0.2, 0.25) is 0 Å². The van der Waals surface area contributed by atoms with Crippen LogP contribution in [0.3, 0.4) is 0 Å². The summed E-state index contributed by atoms with van der Waals surface area (Å²) in [6.07, 6.45) is -0.0497. The van der Waals surface area contributed by atoms with Gasteiger partial charge in [0, 0.05) is 0 Å². The Hall–Kier alpha value is -3.62. The fourth-order valence-electron chi connectivity index (χ4n) is 3.20. The minimum atomic E-state index is -0.432. The van der Waals surface area contributed by atoms with Crippen LogP contribution in [0.1, 0.15) is 34.2 Å². The average Bonchev–Trinajstić information content (AvgIpc) is 3.19. The molecule has 1 aromatic carbocycles. The maximum Gasteiger partial charge on any atom is 0.311 e. The molecule has 9 heteroatoms. The second kappa shape index (κ2) is 6.52. The Morgan fingerprint density at radius 1 is 1.07 bits per heavy atom. The summed E-state index contributed by atoms with van der Waals surface area (Å²) in [4.78, 5) is 23.9. The number of carbonyl (C=O) groups is 2. The van der Waals surface area contributed by atoms with Gasteiger partial charge in [-0.05, 0) is 32.9 Å². The molecule has 0 saturated carbocycles. The number of Topliss-reactive ketones (excluding diaryl/α,β-unsaturated/α-hetero) is 1. The third kappa shape index (κ3) is 2.72. The van der Waals surface area contributed by atoms with E-state index in [1.807, 2.05) is 31.2 Å². The van der Waals surface area contributed by atoms with Gasteiger partial charge in [0.25, 0.3) is 0 Å². The zero-order valence-corrected chi connectivity index (χ0v) is 15.9. The van der Waals surface area contributed by atoms with E-state index >= 15 is 0 Å². The Kier molecular flexibility index (Phi) is 4.14. The number of fused-ring (bicyclic) bond motifs is 3. The van der Waals surface area contributed by atoms with Gasteiger partial charge in [0.1, 0.15) is 5.69 Å². The van der Waals surface area contributed by atoms with E-state index in [4.69, 9.17) is 4.74 Å². The first-order valence-electron chi connectivity index (χ1n) is 8.69. The monoisotopic (exact) mass is 378 g/mol. The summed E-state index contributed by atoms with van der Waals surface area (Å²) in [5.41, 5.74) is 4.59. The smallest absolute Gasteiger partial charge is 0.311 e. The number of methoxy groups -OCH3 is 1. The van der Waals surface area contributed by atoms with Gasteiger partial charge in [-0.25, -0.2) is 4.68 Å². The number of benzene rings is 1. The molecule has 0 saturated heterocycles. The summed E-state index contributed by atoms with van der Waals surface area (Å²) in [5.74, 6) is -0.573. The summed E-state index contributed by atoms with van der Waals surface area (Å²) >= 11 is 0. The molecule has 3 aromatic heterocycles. The standard InChI is InChI=1S/C19H18N6O3/c1-10-5-7-13(8-6-10)24-19-17(14(23-24)9-15(27)28-4)20-21-18-16(12(3)26)11(2)22-25(18)19/h5-8H,9H2,1-4H3. The molecule has 0 radical (unpaired) electrons. The Balaban J connectivity index is 2.08. The van der Waals surface area contributed by atoms with Crippen LogP contribution in [0.15, 0.2) is 24.3 Å². The predicted octanol–water partition coefficient (Wildman–Crippen LogP) is 2.00. The molecule has 0 aliphatic heterocycles. The van der Waals surface area contributed by atoms with Gasteiger partial charge in [-0.3, -0.25) is 9.59 Å². The molecule has 0 spiro atoms. The maximum atomic E-state index is 12.1. The van der Waals surface area contributed by atoms with E-state index in [9.17, 15) is 9.59 Å². The van der Waals surface area contributed by atoms with Crippen molar-refractivity contribution < 1.29 is 14.3 Å². The number of ketones is 1. The second-order valence-electron chi connectivity index (χ2n) is 6.57. The van der Waals surface area contributed by atoms with Gasteiger partial charge in [0.05, 0.1) is 30.5 Å². The number of ether oxygens (including phenoxy) is 1. The Labute approximate surface area is 159 Å². The first-order chi connectivity index (χ1) is 13.4. The Morgan fingerprint density at radius 2 is 1.79 bits per heavy atom. The third-order valence-corrected chi connectivity index (χ3v) is 4.56. The van der Waals surface area contributed by atoms with Crippen molar-refractivity contribution in [2.45, 2.75) is 27.2 Å². The number of hydrogen-bond donors (Lipinski definition) is 0. The zero-order valence-electron chi connectivity index (χ0n) is 15.9. The third-order valence-electron chi connectivity index (χ3n) is 4.56. The van der Waals surface area contributed by atoms with Crippen LogP contribution >= 0.6 is 0 Å². The van der Waals surface area contributed by atoms with E-state index in [0.717, 1.165) is 11.3 Å². The number of rotatable bonds is 4. The average molecular weight is 378 g/mol. The lowest BCUT2D eigenvalue weighted by molar-refractivity contribution is -0.139.